The SMILES string of the molecule is Cc1nc(-c2ccc(CN)cc2)no1. The normalized spacial score (nSPS) is 10.4. The summed E-state index contributed by atoms with van der Waals surface area (Å²) in [5, 5.41) is 3.82. The zero-order valence-corrected chi connectivity index (χ0v) is 7.90. The van der Waals surface area contributed by atoms with Crippen LogP contribution in [0.25, 0.3) is 11.4 Å². The Labute approximate surface area is 81.7 Å². The minimum absolute atomic E-state index is 0.547. The van der Waals surface area contributed by atoms with Crippen LogP contribution in [-0.2, 0) is 6.54 Å². The first-order valence-electron chi connectivity index (χ1n) is 4.39. The largest absolute Gasteiger partial charge is 0.339 e. The summed E-state index contributed by atoms with van der Waals surface area (Å²) in [7, 11) is 0. The van der Waals surface area contributed by atoms with Crippen LogP contribution in [0.15, 0.2) is 28.8 Å². The molecule has 0 saturated carbocycles. The van der Waals surface area contributed by atoms with Crippen LogP contribution in [0.3, 0.4) is 0 Å². The van der Waals surface area contributed by atoms with Gasteiger partial charge in [-0.1, -0.05) is 29.4 Å². The summed E-state index contributed by atoms with van der Waals surface area (Å²) in [6.45, 7) is 2.32. The summed E-state index contributed by atoms with van der Waals surface area (Å²) in [5.74, 6) is 1.19. The minimum atomic E-state index is 0.547. The van der Waals surface area contributed by atoms with E-state index in [1.165, 1.54) is 0 Å². The van der Waals surface area contributed by atoms with Crippen LogP contribution >= 0.6 is 0 Å². The molecule has 0 unspecified atom stereocenters. The first kappa shape index (κ1) is 8.90. The van der Waals surface area contributed by atoms with Gasteiger partial charge in [-0.05, 0) is 5.56 Å². The quantitative estimate of drug-likeness (QED) is 0.777. The fourth-order valence-electron chi connectivity index (χ4n) is 1.21. The summed E-state index contributed by atoms with van der Waals surface area (Å²) >= 11 is 0. The molecule has 14 heavy (non-hydrogen) atoms. The Kier molecular flexibility index (Phi) is 2.28. The van der Waals surface area contributed by atoms with Crippen molar-refractivity contribution in [1.82, 2.24) is 10.1 Å². The molecule has 1 aromatic carbocycles. The third-order valence-corrected chi connectivity index (χ3v) is 1.98. The molecule has 0 aliphatic carbocycles. The maximum Gasteiger partial charge on any atom is 0.223 e. The molecule has 4 nitrogen and oxygen atoms in total. The van der Waals surface area contributed by atoms with Crippen molar-refractivity contribution in [2.75, 3.05) is 0 Å². The van der Waals surface area contributed by atoms with Crippen molar-refractivity contribution in [3.05, 3.63) is 35.7 Å². The topological polar surface area (TPSA) is 64.9 Å². The molecule has 0 amide bonds. The van der Waals surface area contributed by atoms with E-state index in [1.54, 1.807) is 6.92 Å². The Morgan fingerprint density at radius 2 is 2.00 bits per heavy atom. The molecule has 0 aliphatic rings. The van der Waals surface area contributed by atoms with E-state index >= 15 is 0 Å². The van der Waals surface area contributed by atoms with Crippen molar-refractivity contribution in [3.63, 3.8) is 0 Å². The van der Waals surface area contributed by atoms with Gasteiger partial charge in [0.1, 0.15) is 0 Å². The molecule has 0 radical (unpaired) electrons. The molecule has 0 bridgehead atoms. The molecular weight excluding hydrogens is 178 g/mol. The average Bonchev–Trinajstić information content (AvgIpc) is 2.65. The fraction of sp³-hybridized carbons (Fsp3) is 0.200. The van der Waals surface area contributed by atoms with Gasteiger partial charge in [0.05, 0.1) is 0 Å². The highest BCUT2D eigenvalue weighted by Crippen LogP contribution is 2.15. The smallest absolute Gasteiger partial charge is 0.223 e. The van der Waals surface area contributed by atoms with Gasteiger partial charge in [-0.3, -0.25) is 0 Å². The second-order valence-electron chi connectivity index (χ2n) is 3.04. The summed E-state index contributed by atoms with van der Waals surface area (Å²) < 4.78 is 4.89. The number of aromatic nitrogens is 2. The highest BCUT2D eigenvalue weighted by Gasteiger charge is 2.04. The molecule has 1 aromatic heterocycles. The third-order valence-electron chi connectivity index (χ3n) is 1.98. The van der Waals surface area contributed by atoms with Crippen LogP contribution in [0.5, 0.6) is 0 Å². The Bertz CT molecular complexity index is 419. The molecular formula is C10H11N3O. The lowest BCUT2D eigenvalue weighted by Gasteiger charge is -1.96. The summed E-state index contributed by atoms with van der Waals surface area (Å²) in [6.07, 6.45) is 0. The van der Waals surface area contributed by atoms with E-state index in [0.29, 0.717) is 18.3 Å². The zero-order valence-electron chi connectivity index (χ0n) is 7.90. The van der Waals surface area contributed by atoms with Crippen LogP contribution in [-0.4, -0.2) is 10.1 Å². The zero-order chi connectivity index (χ0) is 9.97. The van der Waals surface area contributed by atoms with Gasteiger partial charge in [0.2, 0.25) is 11.7 Å². The number of hydrogen-bond donors (Lipinski definition) is 1. The highest BCUT2D eigenvalue weighted by atomic mass is 16.5. The molecule has 0 spiro atoms. The third kappa shape index (κ3) is 1.65. The average molecular weight is 189 g/mol. The van der Waals surface area contributed by atoms with Crippen LogP contribution in [0.1, 0.15) is 11.5 Å². The lowest BCUT2D eigenvalue weighted by molar-refractivity contribution is 0.394. The van der Waals surface area contributed by atoms with Crippen molar-refractivity contribution in [2.45, 2.75) is 13.5 Å². The van der Waals surface area contributed by atoms with Gasteiger partial charge in [0, 0.05) is 19.0 Å². The van der Waals surface area contributed by atoms with E-state index in [1.807, 2.05) is 24.3 Å². The van der Waals surface area contributed by atoms with Gasteiger partial charge < -0.3 is 10.3 Å². The lowest BCUT2D eigenvalue weighted by atomic mass is 10.1. The van der Waals surface area contributed by atoms with E-state index in [-0.39, 0.29) is 0 Å². The second-order valence-corrected chi connectivity index (χ2v) is 3.04. The Morgan fingerprint density at radius 1 is 1.29 bits per heavy atom. The maximum atomic E-state index is 5.49. The van der Waals surface area contributed by atoms with Crippen molar-refractivity contribution in [1.29, 1.82) is 0 Å². The van der Waals surface area contributed by atoms with Gasteiger partial charge in [-0.25, -0.2) is 0 Å². The first-order valence-corrected chi connectivity index (χ1v) is 4.39. The van der Waals surface area contributed by atoms with Crippen LogP contribution in [0, 0.1) is 6.92 Å². The van der Waals surface area contributed by atoms with Crippen molar-refractivity contribution in [2.24, 2.45) is 5.73 Å². The molecule has 0 fully saturated rings. The van der Waals surface area contributed by atoms with Gasteiger partial charge in [-0.2, -0.15) is 4.98 Å². The van der Waals surface area contributed by atoms with Crippen molar-refractivity contribution < 1.29 is 4.52 Å². The van der Waals surface area contributed by atoms with Gasteiger partial charge in [0.25, 0.3) is 0 Å². The predicted molar refractivity (Wildman–Crippen MR) is 52.4 cm³/mol. The molecule has 0 saturated heterocycles. The lowest BCUT2D eigenvalue weighted by Crippen LogP contribution is -1.95. The Hall–Kier alpha value is -1.68. The molecule has 4 heteroatoms. The van der Waals surface area contributed by atoms with Gasteiger partial charge in [0.15, 0.2) is 0 Å². The maximum absolute atomic E-state index is 5.49. The number of hydrogen-bond acceptors (Lipinski definition) is 4. The van der Waals surface area contributed by atoms with E-state index in [4.69, 9.17) is 10.3 Å². The fourth-order valence-corrected chi connectivity index (χ4v) is 1.21. The van der Waals surface area contributed by atoms with Crippen LogP contribution < -0.4 is 5.73 Å². The van der Waals surface area contributed by atoms with Gasteiger partial charge in [-0.15, -0.1) is 0 Å². The van der Waals surface area contributed by atoms with Crippen molar-refractivity contribution >= 4 is 0 Å². The van der Waals surface area contributed by atoms with Crippen molar-refractivity contribution in [3.8, 4) is 11.4 Å². The molecule has 0 atom stereocenters. The number of aryl methyl sites for hydroxylation is 1. The molecule has 2 N–H and O–H groups in total. The van der Waals surface area contributed by atoms with E-state index in [0.717, 1.165) is 11.1 Å². The molecule has 2 aromatic rings. The monoisotopic (exact) mass is 189 g/mol. The predicted octanol–water partition coefficient (Wildman–Crippen LogP) is 1.50. The molecule has 0 aliphatic heterocycles. The molecule has 1 heterocycles. The van der Waals surface area contributed by atoms with Gasteiger partial charge >= 0.3 is 0 Å². The second kappa shape index (κ2) is 3.59. The number of nitrogens with zero attached hydrogens (tertiary/aromatic N) is 2. The number of nitrogens with two attached hydrogens (primary N) is 1. The first-order chi connectivity index (χ1) is 6.79. The Balaban J connectivity index is 2.33. The van der Waals surface area contributed by atoms with E-state index in [2.05, 4.69) is 10.1 Å². The number of benzene rings is 1. The molecule has 2 rings (SSSR count). The summed E-state index contributed by atoms with van der Waals surface area (Å²) in [4.78, 5) is 4.13. The molecule has 72 valence electrons. The standard InChI is InChI=1S/C10H11N3O/c1-7-12-10(13-14-7)9-4-2-8(6-11)3-5-9/h2-5H,6,11H2,1H3. The highest BCUT2D eigenvalue weighted by molar-refractivity contribution is 5.54. The van der Waals surface area contributed by atoms with E-state index in [9.17, 15) is 0 Å². The summed E-state index contributed by atoms with van der Waals surface area (Å²) in [5.41, 5.74) is 7.53. The Morgan fingerprint density at radius 3 is 2.50 bits per heavy atom. The van der Waals surface area contributed by atoms with Crippen LogP contribution in [0.4, 0.5) is 0 Å². The minimum Gasteiger partial charge on any atom is -0.339 e. The van der Waals surface area contributed by atoms with Crippen LogP contribution in [0.2, 0.25) is 0 Å². The number of rotatable bonds is 2. The van der Waals surface area contributed by atoms with E-state index < -0.39 is 0 Å². The summed E-state index contributed by atoms with van der Waals surface area (Å²) in [6, 6.07) is 7.79.